The maximum absolute atomic E-state index is 8.63. The molecule has 2 fully saturated rings. The molecule has 106 valence electrons. The van der Waals surface area contributed by atoms with Crippen LogP contribution in [0.15, 0.2) is 0 Å². The third kappa shape index (κ3) is 3.65. The van der Waals surface area contributed by atoms with Crippen LogP contribution in [0.5, 0.6) is 0 Å². The van der Waals surface area contributed by atoms with Crippen LogP contribution < -0.4 is 0 Å². The van der Waals surface area contributed by atoms with Gasteiger partial charge in [0.2, 0.25) is 0 Å². The Morgan fingerprint density at radius 3 is 2.50 bits per heavy atom. The second-order valence-electron chi connectivity index (χ2n) is 5.16. The molecule has 0 atom stereocenters. The largest absolute Gasteiger partial charge is 0.394 e. The molecule has 0 aromatic carbocycles. The number of hydrogen-bond donors (Lipinski definition) is 1. The lowest BCUT2D eigenvalue weighted by Gasteiger charge is -2.39. The van der Waals surface area contributed by atoms with Crippen molar-refractivity contribution in [1.29, 1.82) is 0 Å². The summed E-state index contributed by atoms with van der Waals surface area (Å²) in [4.78, 5) is 2.35. The van der Waals surface area contributed by atoms with Crippen molar-refractivity contribution >= 4 is 0 Å². The smallest absolute Gasteiger partial charge is 0.168 e. The normalized spacial score (nSPS) is 24.2. The second kappa shape index (κ2) is 6.82. The van der Waals surface area contributed by atoms with Gasteiger partial charge in [-0.15, -0.1) is 0 Å². The van der Waals surface area contributed by atoms with E-state index in [4.69, 9.17) is 19.3 Å². The van der Waals surface area contributed by atoms with E-state index in [0.29, 0.717) is 19.3 Å². The minimum Gasteiger partial charge on any atom is -0.394 e. The average Bonchev–Trinajstić information content (AvgIpc) is 2.84. The molecule has 1 heterocycles. The third-order valence-electron chi connectivity index (χ3n) is 3.98. The summed E-state index contributed by atoms with van der Waals surface area (Å²) >= 11 is 0. The Balaban J connectivity index is 1.65. The molecule has 2 aliphatic rings. The van der Waals surface area contributed by atoms with Crippen LogP contribution in [0.2, 0.25) is 0 Å². The molecule has 1 saturated heterocycles. The molecule has 1 aliphatic heterocycles. The van der Waals surface area contributed by atoms with Gasteiger partial charge in [-0.1, -0.05) is 0 Å². The first kappa shape index (κ1) is 14.2. The van der Waals surface area contributed by atoms with Crippen LogP contribution in [0.25, 0.3) is 0 Å². The van der Waals surface area contributed by atoms with Gasteiger partial charge in [0.15, 0.2) is 5.79 Å². The maximum Gasteiger partial charge on any atom is 0.168 e. The molecule has 2 rings (SSSR count). The van der Waals surface area contributed by atoms with E-state index in [1.165, 1.54) is 0 Å². The summed E-state index contributed by atoms with van der Waals surface area (Å²) in [5.41, 5.74) is 0. The van der Waals surface area contributed by atoms with E-state index in [1.54, 1.807) is 0 Å². The lowest BCUT2D eigenvalue weighted by Crippen LogP contribution is -2.43. The predicted octanol–water partition coefficient (Wildman–Crippen LogP) is 0.613. The van der Waals surface area contributed by atoms with Gasteiger partial charge in [-0.25, -0.2) is 0 Å². The Hall–Kier alpha value is -0.200. The Morgan fingerprint density at radius 2 is 1.89 bits per heavy atom. The van der Waals surface area contributed by atoms with Crippen molar-refractivity contribution in [2.75, 3.05) is 46.6 Å². The molecule has 1 N–H and O–H groups in total. The molecule has 1 saturated carbocycles. The zero-order chi connectivity index (χ0) is 12.8. The molecule has 5 nitrogen and oxygen atoms in total. The first-order chi connectivity index (χ1) is 8.76. The van der Waals surface area contributed by atoms with E-state index in [-0.39, 0.29) is 12.4 Å². The van der Waals surface area contributed by atoms with Crippen molar-refractivity contribution in [2.24, 2.45) is 0 Å². The molecule has 0 radical (unpaired) electrons. The quantitative estimate of drug-likeness (QED) is 0.708. The third-order valence-corrected chi connectivity index (χ3v) is 3.98. The van der Waals surface area contributed by atoms with Crippen molar-refractivity contribution < 1.29 is 19.3 Å². The first-order valence-corrected chi connectivity index (χ1v) is 6.92. The Labute approximate surface area is 109 Å². The number of likely N-dealkylation sites (N-methyl/N-ethyl adjacent to an activating group) is 1. The minimum absolute atomic E-state index is 0.102. The van der Waals surface area contributed by atoms with Crippen LogP contribution in [0.1, 0.15) is 25.7 Å². The SMILES string of the molecule is CN(CCOCCO)C1CCC2(CC1)OCCO2. The summed E-state index contributed by atoms with van der Waals surface area (Å²) in [5, 5.41) is 8.63. The standard InChI is InChI=1S/C13H25NO4/c1-14(6-8-16-9-7-15)12-2-4-13(5-3-12)17-10-11-18-13/h12,15H,2-11H2,1H3. The van der Waals surface area contributed by atoms with Gasteiger partial charge in [0.1, 0.15) is 0 Å². The van der Waals surface area contributed by atoms with Crippen molar-refractivity contribution in [3.8, 4) is 0 Å². The number of rotatable bonds is 6. The van der Waals surface area contributed by atoms with Gasteiger partial charge in [0, 0.05) is 25.4 Å². The summed E-state index contributed by atoms with van der Waals surface area (Å²) in [7, 11) is 2.14. The number of ether oxygens (including phenoxy) is 3. The topological polar surface area (TPSA) is 51.2 Å². The Bertz CT molecular complexity index is 233. The van der Waals surface area contributed by atoms with Crippen LogP contribution in [0.3, 0.4) is 0 Å². The van der Waals surface area contributed by atoms with Crippen LogP contribution in [0, 0.1) is 0 Å². The van der Waals surface area contributed by atoms with E-state index in [1.807, 2.05) is 0 Å². The van der Waals surface area contributed by atoms with Crippen molar-refractivity contribution in [3.63, 3.8) is 0 Å². The van der Waals surface area contributed by atoms with E-state index < -0.39 is 0 Å². The monoisotopic (exact) mass is 259 g/mol. The fourth-order valence-electron chi connectivity index (χ4n) is 2.83. The van der Waals surface area contributed by atoms with Gasteiger partial charge in [0.05, 0.1) is 33.0 Å². The van der Waals surface area contributed by atoms with Crippen LogP contribution in [-0.2, 0) is 14.2 Å². The minimum atomic E-state index is -0.259. The van der Waals surface area contributed by atoms with Crippen molar-refractivity contribution in [1.82, 2.24) is 4.90 Å². The first-order valence-electron chi connectivity index (χ1n) is 6.92. The Kier molecular flexibility index (Phi) is 5.38. The van der Waals surface area contributed by atoms with E-state index in [0.717, 1.165) is 45.4 Å². The lowest BCUT2D eigenvalue weighted by atomic mass is 9.89. The molecule has 1 spiro atoms. The number of aliphatic hydroxyl groups is 1. The summed E-state index contributed by atoms with van der Waals surface area (Å²) < 4.78 is 16.8. The van der Waals surface area contributed by atoms with Gasteiger partial charge < -0.3 is 24.2 Å². The molecule has 0 unspecified atom stereocenters. The van der Waals surface area contributed by atoms with E-state index in [2.05, 4.69) is 11.9 Å². The Morgan fingerprint density at radius 1 is 1.22 bits per heavy atom. The molecular formula is C13H25NO4. The molecule has 0 aromatic rings. The van der Waals surface area contributed by atoms with Crippen molar-refractivity contribution in [2.45, 2.75) is 37.5 Å². The summed E-state index contributed by atoms with van der Waals surface area (Å²) in [6, 6.07) is 0.598. The second-order valence-corrected chi connectivity index (χ2v) is 5.16. The van der Waals surface area contributed by atoms with Gasteiger partial charge in [-0.3, -0.25) is 0 Å². The molecule has 5 heteroatoms. The van der Waals surface area contributed by atoms with E-state index in [9.17, 15) is 0 Å². The van der Waals surface area contributed by atoms with E-state index >= 15 is 0 Å². The number of nitrogens with zero attached hydrogens (tertiary/aromatic N) is 1. The fraction of sp³-hybridized carbons (Fsp3) is 1.00. The van der Waals surface area contributed by atoms with Crippen LogP contribution in [0.4, 0.5) is 0 Å². The summed E-state index contributed by atoms with van der Waals surface area (Å²) in [6.45, 7) is 3.63. The van der Waals surface area contributed by atoms with Gasteiger partial charge in [-0.05, 0) is 19.9 Å². The highest BCUT2D eigenvalue weighted by molar-refractivity contribution is 4.85. The predicted molar refractivity (Wildman–Crippen MR) is 67.4 cm³/mol. The highest BCUT2D eigenvalue weighted by Gasteiger charge is 2.40. The zero-order valence-corrected chi connectivity index (χ0v) is 11.3. The lowest BCUT2D eigenvalue weighted by molar-refractivity contribution is -0.183. The van der Waals surface area contributed by atoms with Gasteiger partial charge in [0.25, 0.3) is 0 Å². The van der Waals surface area contributed by atoms with Crippen LogP contribution in [-0.4, -0.2) is 68.5 Å². The highest BCUT2D eigenvalue weighted by atomic mass is 16.7. The summed E-state index contributed by atoms with van der Waals surface area (Å²) in [5.74, 6) is -0.259. The van der Waals surface area contributed by atoms with Gasteiger partial charge in [-0.2, -0.15) is 0 Å². The highest BCUT2D eigenvalue weighted by Crippen LogP contribution is 2.36. The molecule has 1 aliphatic carbocycles. The van der Waals surface area contributed by atoms with Crippen LogP contribution >= 0.6 is 0 Å². The van der Waals surface area contributed by atoms with Gasteiger partial charge >= 0.3 is 0 Å². The molecule has 0 amide bonds. The zero-order valence-electron chi connectivity index (χ0n) is 11.3. The average molecular weight is 259 g/mol. The molecule has 0 bridgehead atoms. The maximum atomic E-state index is 8.63. The fourth-order valence-corrected chi connectivity index (χ4v) is 2.83. The number of aliphatic hydroxyl groups excluding tert-OH is 1. The molecule has 0 aromatic heterocycles. The molecular weight excluding hydrogens is 234 g/mol. The summed E-state index contributed by atoms with van der Waals surface area (Å²) in [6.07, 6.45) is 4.24. The van der Waals surface area contributed by atoms with Crippen molar-refractivity contribution in [3.05, 3.63) is 0 Å². The molecule has 18 heavy (non-hydrogen) atoms. The number of hydrogen-bond acceptors (Lipinski definition) is 5.